The lowest BCUT2D eigenvalue weighted by molar-refractivity contribution is -0.151. The zero-order valence-corrected chi connectivity index (χ0v) is 6.48. The number of aliphatic hydroxyl groups is 4. The van der Waals surface area contributed by atoms with Crippen LogP contribution in [0.15, 0.2) is 5.11 Å². The van der Waals surface area contributed by atoms with Crippen molar-refractivity contribution in [2.24, 2.45) is 5.11 Å². The molecule has 0 aliphatic rings. The summed E-state index contributed by atoms with van der Waals surface area (Å²) in [6, 6.07) is 0. The van der Waals surface area contributed by atoms with E-state index in [0.29, 0.717) is 0 Å². The molecule has 13 heavy (non-hydrogen) atoms. The fourth-order valence-corrected chi connectivity index (χ4v) is 0.610. The molecule has 0 aliphatic heterocycles. The van der Waals surface area contributed by atoms with Gasteiger partial charge in [-0.15, -0.1) is 0 Å². The summed E-state index contributed by atoms with van der Waals surface area (Å²) in [5, 5.41) is 38.1. The highest BCUT2D eigenvalue weighted by molar-refractivity contribution is 5.56. The average Bonchev–Trinajstić information content (AvgIpc) is 2.15. The number of hydrogen-bond donors (Lipinski definition) is 4. The van der Waals surface area contributed by atoms with Crippen LogP contribution in [0.25, 0.3) is 10.4 Å². The third-order valence-corrected chi connectivity index (χ3v) is 1.39. The highest BCUT2D eigenvalue weighted by Crippen LogP contribution is 2.14. The van der Waals surface area contributed by atoms with Gasteiger partial charge in [-0.25, -0.2) is 0 Å². The van der Waals surface area contributed by atoms with Crippen molar-refractivity contribution in [2.75, 3.05) is 6.61 Å². The standard InChI is InChI=1S/C5H9N3O5/c6-8-7-5(13,2-10)4(12)3(11)1-9/h1,3-4,10-13H,2H2/t3-,4-,5+/m0/s1. The Bertz CT molecular complexity index is 228. The summed E-state index contributed by atoms with van der Waals surface area (Å²) in [6.07, 6.45) is -4.05. The second-order valence-electron chi connectivity index (χ2n) is 2.30. The van der Waals surface area contributed by atoms with E-state index in [-0.39, 0.29) is 6.29 Å². The normalized spacial score (nSPS) is 19.4. The molecule has 0 unspecified atom stereocenters. The fourth-order valence-electron chi connectivity index (χ4n) is 0.610. The number of azide groups is 1. The minimum atomic E-state index is -2.59. The highest BCUT2D eigenvalue weighted by Gasteiger charge is 2.38. The predicted octanol–water partition coefficient (Wildman–Crippen LogP) is -2.10. The van der Waals surface area contributed by atoms with E-state index in [1.54, 1.807) is 0 Å². The van der Waals surface area contributed by atoms with Crippen LogP contribution in [0.1, 0.15) is 0 Å². The van der Waals surface area contributed by atoms with E-state index in [2.05, 4.69) is 10.0 Å². The molecule has 0 saturated carbocycles. The Balaban J connectivity index is 4.74. The third kappa shape index (κ3) is 2.65. The molecular formula is C5H9N3O5. The second-order valence-corrected chi connectivity index (χ2v) is 2.30. The maximum atomic E-state index is 9.98. The lowest BCUT2D eigenvalue weighted by Gasteiger charge is -2.26. The molecule has 74 valence electrons. The molecule has 0 aromatic carbocycles. The van der Waals surface area contributed by atoms with Crippen LogP contribution < -0.4 is 0 Å². The number of nitrogens with zero attached hydrogens (tertiary/aromatic N) is 3. The molecule has 0 aromatic rings. The second kappa shape index (κ2) is 4.75. The average molecular weight is 191 g/mol. The van der Waals surface area contributed by atoms with Gasteiger partial charge in [-0.3, -0.25) is 0 Å². The van der Waals surface area contributed by atoms with Crippen molar-refractivity contribution in [1.82, 2.24) is 0 Å². The van der Waals surface area contributed by atoms with Gasteiger partial charge in [0.05, 0.1) is 6.61 Å². The van der Waals surface area contributed by atoms with Gasteiger partial charge < -0.3 is 25.2 Å². The summed E-state index contributed by atoms with van der Waals surface area (Å²) >= 11 is 0. The molecule has 0 radical (unpaired) electrons. The van der Waals surface area contributed by atoms with Crippen molar-refractivity contribution in [3.05, 3.63) is 10.4 Å². The first-order valence-corrected chi connectivity index (χ1v) is 3.22. The SMILES string of the molecule is [N-]=[N+]=N[C@@](O)(CO)[C@@H](O)[C@@H](O)C=O. The minimum absolute atomic E-state index is 0.0574. The van der Waals surface area contributed by atoms with E-state index in [1.165, 1.54) is 0 Å². The molecule has 0 aromatic heterocycles. The molecule has 8 heteroatoms. The van der Waals surface area contributed by atoms with Crippen LogP contribution in [0.4, 0.5) is 0 Å². The van der Waals surface area contributed by atoms with Gasteiger partial charge >= 0.3 is 0 Å². The van der Waals surface area contributed by atoms with E-state index >= 15 is 0 Å². The van der Waals surface area contributed by atoms with Gasteiger partial charge in [0.15, 0.2) is 12.0 Å². The summed E-state index contributed by atoms with van der Waals surface area (Å²) in [5.74, 6) is 0. The molecule has 8 nitrogen and oxygen atoms in total. The molecular weight excluding hydrogens is 182 g/mol. The van der Waals surface area contributed by atoms with Crippen LogP contribution in [0.2, 0.25) is 0 Å². The largest absolute Gasteiger partial charge is 0.393 e. The number of carbonyl (C=O) groups is 1. The Morgan fingerprint density at radius 2 is 2.15 bits per heavy atom. The molecule has 0 aliphatic carbocycles. The van der Waals surface area contributed by atoms with Crippen LogP contribution in [0.5, 0.6) is 0 Å². The smallest absolute Gasteiger partial charge is 0.195 e. The zero-order chi connectivity index (χ0) is 10.5. The summed E-state index contributed by atoms with van der Waals surface area (Å²) < 4.78 is 0. The first-order valence-electron chi connectivity index (χ1n) is 3.22. The van der Waals surface area contributed by atoms with Gasteiger partial charge in [-0.1, -0.05) is 5.11 Å². The van der Waals surface area contributed by atoms with Gasteiger partial charge in [-0.2, -0.15) is 0 Å². The van der Waals surface area contributed by atoms with Crippen molar-refractivity contribution in [3.63, 3.8) is 0 Å². The van der Waals surface area contributed by atoms with Gasteiger partial charge in [0, 0.05) is 4.91 Å². The Morgan fingerprint density at radius 3 is 2.46 bits per heavy atom. The van der Waals surface area contributed by atoms with Crippen molar-refractivity contribution in [3.8, 4) is 0 Å². The Hall–Kier alpha value is -1.18. The van der Waals surface area contributed by atoms with E-state index in [9.17, 15) is 4.79 Å². The number of rotatable bonds is 5. The predicted molar refractivity (Wildman–Crippen MR) is 39.3 cm³/mol. The van der Waals surface area contributed by atoms with E-state index in [4.69, 9.17) is 26.0 Å². The molecule has 0 heterocycles. The molecule has 0 amide bonds. The quantitative estimate of drug-likeness (QED) is 0.170. The maximum absolute atomic E-state index is 9.98. The van der Waals surface area contributed by atoms with Crippen LogP contribution in [-0.4, -0.2) is 51.3 Å². The first-order chi connectivity index (χ1) is 6.01. The third-order valence-electron chi connectivity index (χ3n) is 1.39. The summed E-state index contributed by atoms with van der Waals surface area (Å²) in [4.78, 5) is 12.1. The molecule has 0 bridgehead atoms. The summed E-state index contributed by atoms with van der Waals surface area (Å²) in [6.45, 7) is -1.11. The van der Waals surface area contributed by atoms with Crippen LogP contribution >= 0.6 is 0 Å². The van der Waals surface area contributed by atoms with Gasteiger partial charge in [0.2, 0.25) is 0 Å². The zero-order valence-electron chi connectivity index (χ0n) is 6.48. The summed E-state index contributed by atoms with van der Waals surface area (Å²) in [7, 11) is 0. The molecule has 0 rings (SSSR count). The van der Waals surface area contributed by atoms with Crippen LogP contribution in [0, 0.1) is 0 Å². The molecule has 3 atom stereocenters. The minimum Gasteiger partial charge on any atom is -0.393 e. The van der Waals surface area contributed by atoms with Crippen LogP contribution in [-0.2, 0) is 4.79 Å². The maximum Gasteiger partial charge on any atom is 0.195 e. The fraction of sp³-hybridized carbons (Fsp3) is 0.800. The monoisotopic (exact) mass is 191 g/mol. The molecule has 0 fully saturated rings. The Morgan fingerprint density at radius 1 is 1.62 bits per heavy atom. The van der Waals surface area contributed by atoms with Crippen molar-refractivity contribution >= 4 is 6.29 Å². The number of aldehydes is 1. The topological polar surface area (TPSA) is 147 Å². The number of carbonyl (C=O) groups excluding carboxylic acids is 1. The number of aliphatic hydroxyl groups excluding tert-OH is 3. The lowest BCUT2D eigenvalue weighted by Crippen LogP contribution is -2.50. The van der Waals surface area contributed by atoms with Crippen LogP contribution in [0.3, 0.4) is 0 Å². The first kappa shape index (κ1) is 11.8. The van der Waals surface area contributed by atoms with E-state index in [1.807, 2.05) is 0 Å². The lowest BCUT2D eigenvalue weighted by atomic mass is 10.0. The van der Waals surface area contributed by atoms with E-state index in [0.717, 1.165) is 0 Å². The molecule has 4 N–H and O–H groups in total. The Labute approximate surface area is 72.7 Å². The van der Waals surface area contributed by atoms with Crippen molar-refractivity contribution < 1.29 is 25.2 Å². The van der Waals surface area contributed by atoms with Crippen molar-refractivity contribution in [1.29, 1.82) is 0 Å². The van der Waals surface area contributed by atoms with Gasteiger partial charge in [0.1, 0.15) is 12.2 Å². The number of hydrogen-bond acceptors (Lipinski definition) is 6. The molecule has 0 spiro atoms. The van der Waals surface area contributed by atoms with Crippen molar-refractivity contribution in [2.45, 2.75) is 17.9 Å². The van der Waals surface area contributed by atoms with Gasteiger partial charge in [0.25, 0.3) is 0 Å². The van der Waals surface area contributed by atoms with E-state index < -0.39 is 24.5 Å². The van der Waals surface area contributed by atoms with Gasteiger partial charge in [-0.05, 0) is 5.53 Å². The Kier molecular flexibility index (Phi) is 4.32. The summed E-state index contributed by atoms with van der Waals surface area (Å²) in [5.41, 5.74) is 5.35. The highest BCUT2D eigenvalue weighted by atomic mass is 16.4. The molecule has 0 saturated heterocycles.